The zero-order valence-electron chi connectivity index (χ0n) is 11.8. The molecule has 124 valence electrons. The third kappa shape index (κ3) is 3.55. The number of alkyl halides is 3. The number of hydrogen-bond acceptors (Lipinski definition) is 2. The summed E-state index contributed by atoms with van der Waals surface area (Å²) in [5.41, 5.74) is 5.19. The van der Waals surface area contributed by atoms with Crippen LogP contribution in [0.15, 0.2) is 12.1 Å². The first-order valence-corrected chi connectivity index (χ1v) is 6.80. The lowest BCUT2D eigenvalue weighted by atomic mass is 9.82. The molecule has 1 aromatic carbocycles. The van der Waals surface area contributed by atoms with Crippen molar-refractivity contribution < 1.29 is 26.3 Å². The van der Waals surface area contributed by atoms with Gasteiger partial charge in [0.1, 0.15) is 5.82 Å². The van der Waals surface area contributed by atoms with Crippen molar-refractivity contribution in [1.29, 1.82) is 0 Å². The van der Waals surface area contributed by atoms with E-state index in [4.69, 9.17) is 5.73 Å². The molecule has 1 aliphatic rings. The van der Waals surface area contributed by atoms with Crippen molar-refractivity contribution in [2.24, 2.45) is 5.73 Å². The van der Waals surface area contributed by atoms with Crippen LogP contribution in [0.1, 0.15) is 24.8 Å². The maximum absolute atomic E-state index is 13.9. The van der Waals surface area contributed by atoms with Crippen LogP contribution in [0.5, 0.6) is 0 Å². The highest BCUT2D eigenvalue weighted by molar-refractivity contribution is 5.27. The minimum absolute atomic E-state index is 0.0320. The summed E-state index contributed by atoms with van der Waals surface area (Å²) < 4.78 is 79.0. The fourth-order valence-corrected chi connectivity index (χ4v) is 3.00. The smallest absolute Gasteiger partial charge is 0.327 e. The Kier molecular flexibility index (Phi) is 4.72. The number of halogens is 6. The molecule has 2 N–H and O–H groups in total. The number of benzene rings is 1. The highest BCUT2D eigenvalue weighted by Gasteiger charge is 2.41. The van der Waals surface area contributed by atoms with Gasteiger partial charge in [-0.15, -0.1) is 0 Å². The highest BCUT2D eigenvalue weighted by atomic mass is 19.4. The molecule has 1 saturated heterocycles. The summed E-state index contributed by atoms with van der Waals surface area (Å²) in [7, 11) is 0. The summed E-state index contributed by atoms with van der Waals surface area (Å²) in [6, 6.07) is -0.0677. The van der Waals surface area contributed by atoms with Gasteiger partial charge < -0.3 is 5.73 Å². The number of nitrogens with zero attached hydrogens (tertiary/aromatic N) is 1. The molecule has 0 unspecified atom stereocenters. The molecule has 1 heterocycles. The van der Waals surface area contributed by atoms with Gasteiger partial charge in [-0.05, 0) is 25.5 Å². The monoisotopic (exact) mass is 326 g/mol. The highest BCUT2D eigenvalue weighted by Crippen LogP contribution is 2.36. The number of hydrogen-bond donors (Lipinski definition) is 1. The van der Waals surface area contributed by atoms with Crippen LogP contribution in [0.3, 0.4) is 0 Å². The summed E-state index contributed by atoms with van der Waals surface area (Å²) in [5, 5.41) is 0. The quantitative estimate of drug-likeness (QED) is 0.668. The van der Waals surface area contributed by atoms with Crippen LogP contribution in [-0.4, -0.2) is 36.2 Å². The molecule has 0 aliphatic carbocycles. The number of piperidine rings is 1. The molecule has 2 nitrogen and oxygen atoms in total. The summed E-state index contributed by atoms with van der Waals surface area (Å²) >= 11 is 0. The van der Waals surface area contributed by atoms with Gasteiger partial charge in [0.25, 0.3) is 0 Å². The Hall–Kier alpha value is -1.28. The number of rotatable bonds is 2. The first-order chi connectivity index (χ1) is 10.1. The fraction of sp³-hybridized carbons (Fsp3) is 0.571. The van der Waals surface area contributed by atoms with Crippen molar-refractivity contribution in [1.82, 2.24) is 4.90 Å². The van der Waals surface area contributed by atoms with Crippen molar-refractivity contribution in [3.05, 3.63) is 35.1 Å². The molecule has 0 bridgehead atoms. The third-order valence-electron chi connectivity index (χ3n) is 4.02. The second kappa shape index (κ2) is 6.08. The molecule has 1 fully saturated rings. The van der Waals surface area contributed by atoms with E-state index in [1.54, 1.807) is 0 Å². The SMILES string of the molecule is C[C@H]1[C@@H](c2c(F)ccc(F)c2F)C[C@@H](N)CN1CC(F)(F)F. The van der Waals surface area contributed by atoms with Gasteiger partial charge in [-0.2, -0.15) is 13.2 Å². The molecule has 2 rings (SSSR count). The average molecular weight is 326 g/mol. The van der Waals surface area contributed by atoms with E-state index in [2.05, 4.69) is 0 Å². The fourth-order valence-electron chi connectivity index (χ4n) is 3.00. The van der Waals surface area contributed by atoms with E-state index in [0.29, 0.717) is 6.07 Å². The molecular formula is C14H16F6N2. The van der Waals surface area contributed by atoms with E-state index in [1.807, 2.05) is 0 Å². The maximum Gasteiger partial charge on any atom is 0.401 e. The minimum Gasteiger partial charge on any atom is -0.327 e. The molecule has 0 spiro atoms. The van der Waals surface area contributed by atoms with E-state index in [1.165, 1.54) is 6.92 Å². The summed E-state index contributed by atoms with van der Waals surface area (Å²) in [6.07, 6.45) is -4.36. The van der Waals surface area contributed by atoms with Crippen LogP contribution in [0.4, 0.5) is 26.3 Å². The van der Waals surface area contributed by atoms with Gasteiger partial charge in [-0.25, -0.2) is 13.2 Å². The normalized spacial score (nSPS) is 27.2. The lowest BCUT2D eigenvalue weighted by Crippen LogP contribution is -2.54. The second-order valence-electron chi connectivity index (χ2n) is 5.64. The van der Waals surface area contributed by atoms with Crippen LogP contribution < -0.4 is 5.73 Å². The first-order valence-electron chi connectivity index (χ1n) is 6.80. The predicted octanol–water partition coefficient (Wildman–Crippen LogP) is 3.17. The van der Waals surface area contributed by atoms with Gasteiger partial charge >= 0.3 is 6.18 Å². The van der Waals surface area contributed by atoms with Crippen molar-refractivity contribution in [2.45, 2.75) is 37.5 Å². The summed E-state index contributed by atoms with van der Waals surface area (Å²) in [6.45, 7) is 0.179. The summed E-state index contributed by atoms with van der Waals surface area (Å²) in [4.78, 5) is 1.03. The van der Waals surface area contributed by atoms with Gasteiger partial charge in [-0.3, -0.25) is 4.90 Å². The van der Waals surface area contributed by atoms with Crippen molar-refractivity contribution in [3.8, 4) is 0 Å². The van der Waals surface area contributed by atoms with Gasteiger partial charge in [0, 0.05) is 30.1 Å². The van der Waals surface area contributed by atoms with Crippen LogP contribution in [0, 0.1) is 17.5 Å². The van der Waals surface area contributed by atoms with E-state index < -0.39 is 53.7 Å². The number of nitrogens with two attached hydrogens (primary N) is 1. The van der Waals surface area contributed by atoms with Crippen molar-refractivity contribution >= 4 is 0 Å². The molecule has 0 aromatic heterocycles. The zero-order chi connectivity index (χ0) is 16.7. The molecule has 1 aliphatic heterocycles. The zero-order valence-corrected chi connectivity index (χ0v) is 11.8. The van der Waals surface area contributed by atoms with E-state index in [9.17, 15) is 26.3 Å². The van der Waals surface area contributed by atoms with Crippen LogP contribution in [0.2, 0.25) is 0 Å². The van der Waals surface area contributed by atoms with Crippen molar-refractivity contribution in [3.63, 3.8) is 0 Å². The summed E-state index contributed by atoms with van der Waals surface area (Å²) in [5.74, 6) is -4.51. The van der Waals surface area contributed by atoms with Gasteiger partial charge in [0.15, 0.2) is 11.6 Å². The topological polar surface area (TPSA) is 29.3 Å². The molecular weight excluding hydrogens is 310 g/mol. The Morgan fingerprint density at radius 3 is 2.36 bits per heavy atom. The van der Waals surface area contributed by atoms with Crippen LogP contribution >= 0.6 is 0 Å². The average Bonchev–Trinajstić information content (AvgIpc) is 2.38. The second-order valence-corrected chi connectivity index (χ2v) is 5.64. The predicted molar refractivity (Wildman–Crippen MR) is 68.7 cm³/mol. The largest absolute Gasteiger partial charge is 0.401 e. The van der Waals surface area contributed by atoms with Gasteiger partial charge in [0.2, 0.25) is 0 Å². The molecule has 0 saturated carbocycles. The Morgan fingerprint density at radius 2 is 1.77 bits per heavy atom. The molecule has 0 radical (unpaired) electrons. The number of likely N-dealkylation sites (tertiary alicyclic amines) is 1. The van der Waals surface area contributed by atoms with Gasteiger partial charge in [0.05, 0.1) is 6.54 Å². The van der Waals surface area contributed by atoms with Crippen LogP contribution in [-0.2, 0) is 0 Å². The molecule has 8 heteroatoms. The third-order valence-corrected chi connectivity index (χ3v) is 4.02. The Balaban J connectivity index is 2.36. The Bertz CT molecular complexity index is 545. The first kappa shape index (κ1) is 17.1. The molecule has 1 aromatic rings. The molecule has 0 amide bonds. The Morgan fingerprint density at radius 1 is 1.18 bits per heavy atom. The Labute approximate surface area is 123 Å². The lowest BCUT2D eigenvalue weighted by molar-refractivity contribution is -0.154. The van der Waals surface area contributed by atoms with E-state index in [0.717, 1.165) is 11.0 Å². The minimum atomic E-state index is -4.45. The lowest BCUT2D eigenvalue weighted by Gasteiger charge is -2.42. The van der Waals surface area contributed by atoms with Gasteiger partial charge in [-0.1, -0.05) is 0 Å². The van der Waals surface area contributed by atoms with Crippen LogP contribution in [0.25, 0.3) is 0 Å². The maximum atomic E-state index is 13.9. The molecule has 3 atom stereocenters. The van der Waals surface area contributed by atoms with E-state index in [-0.39, 0.29) is 13.0 Å². The standard InChI is InChI=1S/C14H16F6N2/c1-7-9(12-10(15)2-3-11(16)13(12)17)4-8(21)5-22(7)6-14(18,19)20/h2-3,7-9H,4-6,21H2,1H3/t7-,8+,9-/m0/s1. The molecule has 22 heavy (non-hydrogen) atoms. The van der Waals surface area contributed by atoms with Crippen molar-refractivity contribution in [2.75, 3.05) is 13.1 Å². The van der Waals surface area contributed by atoms with E-state index >= 15 is 0 Å².